The van der Waals surface area contributed by atoms with Crippen molar-refractivity contribution in [3.8, 4) is 0 Å². The average molecular weight is 249 g/mol. The fourth-order valence-electron chi connectivity index (χ4n) is 2.40. The Kier molecular flexibility index (Phi) is 3.28. The molecule has 0 fully saturated rings. The Balaban J connectivity index is 2.58. The van der Waals surface area contributed by atoms with Crippen molar-refractivity contribution in [2.45, 2.75) is 19.0 Å². The molecule has 0 saturated carbocycles. The molecule has 0 saturated heterocycles. The van der Waals surface area contributed by atoms with E-state index in [0.29, 0.717) is 5.58 Å². The zero-order valence-corrected chi connectivity index (χ0v) is 11.2. The molecule has 1 aromatic heterocycles. The van der Waals surface area contributed by atoms with Crippen LogP contribution in [0.2, 0.25) is 0 Å². The summed E-state index contributed by atoms with van der Waals surface area (Å²) >= 11 is 0. The highest BCUT2D eigenvalue weighted by Gasteiger charge is 2.19. The van der Waals surface area contributed by atoms with Gasteiger partial charge in [-0.25, -0.2) is 4.79 Å². The van der Waals surface area contributed by atoms with Gasteiger partial charge >= 0.3 is 5.76 Å². The van der Waals surface area contributed by atoms with Gasteiger partial charge in [0, 0.05) is 19.1 Å². The largest absolute Gasteiger partial charge is 0.419 e. The van der Waals surface area contributed by atoms with Crippen molar-refractivity contribution in [3.63, 3.8) is 0 Å². The maximum atomic E-state index is 11.4. The standard InChI is InChI=1S/C13H19N3O2/c1-8(14)12(15(2)3)9-5-6-11-10(7-9)16(4)13(17)18-11/h5-8,12H,14H2,1-4H3. The maximum Gasteiger partial charge on any atom is 0.419 e. The Labute approximate surface area is 106 Å². The molecule has 0 amide bonds. The number of hydrogen-bond acceptors (Lipinski definition) is 4. The van der Waals surface area contributed by atoms with Gasteiger partial charge in [0.1, 0.15) is 0 Å². The topological polar surface area (TPSA) is 64.4 Å². The van der Waals surface area contributed by atoms with Crippen LogP contribution in [0.15, 0.2) is 27.4 Å². The molecule has 0 aliphatic heterocycles. The van der Waals surface area contributed by atoms with E-state index in [4.69, 9.17) is 10.2 Å². The summed E-state index contributed by atoms with van der Waals surface area (Å²) in [5, 5.41) is 0. The molecule has 2 unspecified atom stereocenters. The second-order valence-electron chi connectivity index (χ2n) is 4.92. The van der Waals surface area contributed by atoms with Crippen LogP contribution in [-0.4, -0.2) is 29.6 Å². The zero-order valence-electron chi connectivity index (χ0n) is 11.2. The molecular formula is C13H19N3O2. The number of aromatic nitrogens is 1. The molecule has 98 valence electrons. The summed E-state index contributed by atoms with van der Waals surface area (Å²) in [5.74, 6) is -0.343. The van der Waals surface area contributed by atoms with Crippen molar-refractivity contribution in [2.75, 3.05) is 14.1 Å². The number of fused-ring (bicyclic) bond motifs is 1. The first-order chi connectivity index (χ1) is 8.41. The quantitative estimate of drug-likeness (QED) is 0.884. The summed E-state index contributed by atoms with van der Waals surface area (Å²) in [6.07, 6.45) is 0. The lowest BCUT2D eigenvalue weighted by Crippen LogP contribution is -2.35. The second-order valence-corrected chi connectivity index (χ2v) is 4.92. The fraction of sp³-hybridized carbons (Fsp3) is 0.462. The number of nitrogens with two attached hydrogens (primary N) is 1. The van der Waals surface area contributed by atoms with E-state index in [-0.39, 0.29) is 17.8 Å². The van der Waals surface area contributed by atoms with Crippen LogP contribution in [-0.2, 0) is 7.05 Å². The first-order valence-corrected chi connectivity index (χ1v) is 5.93. The molecule has 1 heterocycles. The van der Waals surface area contributed by atoms with Gasteiger partial charge in [-0.15, -0.1) is 0 Å². The minimum Gasteiger partial charge on any atom is -0.408 e. The Hall–Kier alpha value is -1.59. The summed E-state index contributed by atoms with van der Waals surface area (Å²) in [5.41, 5.74) is 8.51. The van der Waals surface area contributed by atoms with E-state index >= 15 is 0 Å². The number of nitrogens with zero attached hydrogens (tertiary/aromatic N) is 2. The molecule has 5 heteroatoms. The summed E-state index contributed by atoms with van der Waals surface area (Å²) in [7, 11) is 5.69. The van der Waals surface area contributed by atoms with Crippen molar-refractivity contribution in [1.82, 2.24) is 9.47 Å². The minimum absolute atomic E-state index is 0.00128. The van der Waals surface area contributed by atoms with E-state index in [0.717, 1.165) is 11.1 Å². The van der Waals surface area contributed by atoms with Crippen LogP contribution >= 0.6 is 0 Å². The van der Waals surface area contributed by atoms with E-state index in [1.165, 1.54) is 4.57 Å². The van der Waals surface area contributed by atoms with Gasteiger partial charge in [-0.2, -0.15) is 0 Å². The van der Waals surface area contributed by atoms with E-state index in [1.807, 2.05) is 39.2 Å². The van der Waals surface area contributed by atoms with Crippen LogP contribution in [0.5, 0.6) is 0 Å². The zero-order chi connectivity index (χ0) is 13.4. The summed E-state index contributed by atoms with van der Waals surface area (Å²) in [6, 6.07) is 5.86. The summed E-state index contributed by atoms with van der Waals surface area (Å²) in [4.78, 5) is 13.5. The first kappa shape index (κ1) is 12.9. The monoisotopic (exact) mass is 249 g/mol. The van der Waals surface area contributed by atoms with E-state index in [1.54, 1.807) is 7.05 Å². The lowest BCUT2D eigenvalue weighted by atomic mass is 9.99. The summed E-state index contributed by atoms with van der Waals surface area (Å²) < 4.78 is 6.62. The van der Waals surface area contributed by atoms with Gasteiger partial charge in [0.25, 0.3) is 0 Å². The Morgan fingerprint density at radius 1 is 1.39 bits per heavy atom. The van der Waals surface area contributed by atoms with Gasteiger partial charge in [-0.3, -0.25) is 4.57 Å². The molecule has 1 aromatic carbocycles. The van der Waals surface area contributed by atoms with Gasteiger partial charge in [0.05, 0.1) is 5.52 Å². The number of likely N-dealkylation sites (N-methyl/N-ethyl adjacent to an activating group) is 1. The van der Waals surface area contributed by atoms with E-state index in [2.05, 4.69) is 4.90 Å². The SMILES string of the molecule is CC(N)C(c1ccc2oc(=O)n(C)c2c1)N(C)C. The van der Waals surface area contributed by atoms with Gasteiger partial charge in [0.2, 0.25) is 0 Å². The highest BCUT2D eigenvalue weighted by Crippen LogP contribution is 2.24. The van der Waals surface area contributed by atoms with Crippen LogP contribution in [0.4, 0.5) is 0 Å². The third-order valence-corrected chi connectivity index (χ3v) is 3.21. The van der Waals surface area contributed by atoms with Gasteiger partial charge in [-0.1, -0.05) is 6.07 Å². The highest BCUT2D eigenvalue weighted by atomic mass is 16.4. The normalized spacial score (nSPS) is 15.2. The van der Waals surface area contributed by atoms with Gasteiger partial charge in [0.15, 0.2) is 5.58 Å². The Bertz CT molecular complexity index is 602. The van der Waals surface area contributed by atoms with E-state index < -0.39 is 0 Å². The van der Waals surface area contributed by atoms with Crippen molar-refractivity contribution in [3.05, 3.63) is 34.3 Å². The predicted octanol–water partition coefficient (Wildman–Crippen LogP) is 1.08. The number of benzene rings is 1. The van der Waals surface area contributed by atoms with Crippen molar-refractivity contribution in [2.24, 2.45) is 12.8 Å². The number of oxazole rings is 1. The molecule has 18 heavy (non-hydrogen) atoms. The second kappa shape index (κ2) is 4.59. The van der Waals surface area contributed by atoms with Crippen LogP contribution in [0, 0.1) is 0 Å². The fourth-order valence-corrected chi connectivity index (χ4v) is 2.40. The molecule has 0 spiro atoms. The molecule has 2 N–H and O–H groups in total. The Morgan fingerprint density at radius 3 is 2.61 bits per heavy atom. The number of aryl methyl sites for hydroxylation is 1. The minimum atomic E-state index is -0.343. The Morgan fingerprint density at radius 2 is 2.06 bits per heavy atom. The lowest BCUT2D eigenvalue weighted by molar-refractivity contribution is 0.266. The van der Waals surface area contributed by atoms with Crippen molar-refractivity contribution < 1.29 is 4.42 Å². The lowest BCUT2D eigenvalue weighted by Gasteiger charge is -2.28. The van der Waals surface area contributed by atoms with Crippen LogP contribution in [0.25, 0.3) is 11.1 Å². The maximum absolute atomic E-state index is 11.4. The molecule has 0 radical (unpaired) electrons. The third-order valence-electron chi connectivity index (χ3n) is 3.21. The predicted molar refractivity (Wildman–Crippen MR) is 71.5 cm³/mol. The first-order valence-electron chi connectivity index (χ1n) is 5.93. The van der Waals surface area contributed by atoms with Gasteiger partial charge in [-0.05, 0) is 38.7 Å². The third kappa shape index (κ3) is 2.07. The van der Waals surface area contributed by atoms with E-state index in [9.17, 15) is 4.79 Å². The summed E-state index contributed by atoms with van der Waals surface area (Å²) in [6.45, 7) is 1.98. The molecule has 0 aliphatic rings. The number of rotatable bonds is 3. The average Bonchev–Trinajstić information content (AvgIpc) is 2.55. The van der Waals surface area contributed by atoms with Crippen LogP contribution in [0.1, 0.15) is 18.5 Å². The molecular weight excluding hydrogens is 230 g/mol. The molecule has 2 rings (SSSR count). The van der Waals surface area contributed by atoms with Crippen LogP contribution in [0.3, 0.4) is 0 Å². The molecule has 2 atom stereocenters. The molecule has 0 aliphatic carbocycles. The smallest absolute Gasteiger partial charge is 0.408 e. The van der Waals surface area contributed by atoms with Crippen molar-refractivity contribution in [1.29, 1.82) is 0 Å². The highest BCUT2D eigenvalue weighted by molar-refractivity contribution is 5.73. The molecule has 2 aromatic rings. The molecule has 0 bridgehead atoms. The van der Waals surface area contributed by atoms with Crippen molar-refractivity contribution >= 4 is 11.1 Å². The molecule has 5 nitrogen and oxygen atoms in total. The number of hydrogen-bond donors (Lipinski definition) is 1. The van der Waals surface area contributed by atoms with Gasteiger partial charge < -0.3 is 15.1 Å². The van der Waals surface area contributed by atoms with Crippen LogP contribution < -0.4 is 11.5 Å².